The standard InChI is InChI=1S/C34H39N7O4S/c1-6-7-8-9-14-46(44,45)40-30-13-11-22(3)16-29(30)34(43)36-27-19-25(32-37-31-17-24(5)38-41(31)39-32)18-26(20-27)35-33(42)28-15-21(2)10-12-23(28)4/h10-13,15-20,38,40H,6-9,14H2,1-5H3,(H,35,42)(H,36,43). The van der Waals surface area contributed by atoms with Crippen molar-refractivity contribution in [1.82, 2.24) is 19.8 Å². The van der Waals surface area contributed by atoms with Crippen LogP contribution in [0.4, 0.5) is 17.1 Å². The van der Waals surface area contributed by atoms with Gasteiger partial charge in [0.05, 0.1) is 17.0 Å². The maximum Gasteiger partial charge on any atom is 0.257 e. The molecule has 0 unspecified atom stereocenters. The fraction of sp³-hybridized carbons (Fsp3) is 0.294. The number of aromatic amines is 1. The van der Waals surface area contributed by atoms with Gasteiger partial charge in [0, 0.05) is 34.3 Å². The highest BCUT2D eigenvalue weighted by Crippen LogP contribution is 2.28. The topological polar surface area (TPSA) is 150 Å². The third-order valence-corrected chi connectivity index (χ3v) is 8.91. The molecule has 0 aliphatic heterocycles. The maximum absolute atomic E-state index is 13.7. The van der Waals surface area contributed by atoms with Crippen molar-refractivity contribution in [2.75, 3.05) is 21.1 Å². The first-order valence-corrected chi connectivity index (χ1v) is 16.9. The number of amides is 2. The Bertz CT molecular complexity index is 2000. The molecule has 0 radical (unpaired) electrons. The van der Waals surface area contributed by atoms with Crippen LogP contribution in [-0.4, -0.2) is 45.8 Å². The minimum Gasteiger partial charge on any atom is -0.322 e. The van der Waals surface area contributed by atoms with Gasteiger partial charge in [0.2, 0.25) is 10.0 Å². The van der Waals surface area contributed by atoms with Crippen LogP contribution in [0, 0.1) is 27.7 Å². The van der Waals surface area contributed by atoms with Crippen LogP contribution in [0.5, 0.6) is 0 Å². The van der Waals surface area contributed by atoms with E-state index >= 15 is 0 Å². The highest BCUT2D eigenvalue weighted by atomic mass is 32.2. The van der Waals surface area contributed by atoms with Gasteiger partial charge < -0.3 is 10.6 Å². The third-order valence-electron chi connectivity index (χ3n) is 7.56. The number of carbonyl (C=O) groups excluding carboxylic acids is 2. The molecule has 11 nitrogen and oxygen atoms in total. The number of nitrogens with one attached hydrogen (secondary N) is 4. The predicted octanol–water partition coefficient (Wildman–Crippen LogP) is 6.78. The Morgan fingerprint density at radius 3 is 2.13 bits per heavy atom. The van der Waals surface area contributed by atoms with Crippen LogP contribution in [-0.2, 0) is 10.0 Å². The second-order valence-electron chi connectivity index (χ2n) is 11.7. The van der Waals surface area contributed by atoms with Crippen LogP contribution in [0.1, 0.15) is 75.7 Å². The first kappa shape index (κ1) is 32.4. The Balaban J connectivity index is 1.47. The number of sulfonamides is 1. The molecule has 0 spiro atoms. The number of unbranched alkanes of at least 4 members (excludes halogenated alkanes) is 3. The average molecular weight is 642 g/mol. The summed E-state index contributed by atoms with van der Waals surface area (Å²) in [6.45, 7) is 9.59. The molecule has 5 rings (SSSR count). The zero-order chi connectivity index (χ0) is 33.0. The molecule has 46 heavy (non-hydrogen) atoms. The molecule has 0 aliphatic carbocycles. The molecule has 240 valence electrons. The van der Waals surface area contributed by atoms with E-state index < -0.39 is 15.9 Å². The molecular weight excluding hydrogens is 602 g/mol. The van der Waals surface area contributed by atoms with Crippen LogP contribution < -0.4 is 15.4 Å². The quantitative estimate of drug-likeness (QED) is 0.110. The van der Waals surface area contributed by atoms with E-state index in [1.165, 1.54) is 0 Å². The van der Waals surface area contributed by atoms with Gasteiger partial charge >= 0.3 is 0 Å². The lowest BCUT2D eigenvalue weighted by Crippen LogP contribution is -2.21. The second-order valence-corrected chi connectivity index (χ2v) is 13.5. The van der Waals surface area contributed by atoms with Crippen molar-refractivity contribution >= 4 is 44.5 Å². The lowest BCUT2D eigenvalue weighted by Gasteiger charge is -2.15. The van der Waals surface area contributed by atoms with Gasteiger partial charge in [0.25, 0.3) is 11.8 Å². The number of anilines is 3. The molecule has 2 heterocycles. The summed E-state index contributed by atoms with van der Waals surface area (Å²) in [5.41, 5.74) is 6.33. The molecule has 0 bridgehead atoms. The molecule has 0 aliphatic rings. The summed E-state index contributed by atoms with van der Waals surface area (Å²) in [4.78, 5) is 31.7. The zero-order valence-electron chi connectivity index (χ0n) is 26.7. The number of H-pyrrole nitrogens is 1. The Kier molecular flexibility index (Phi) is 9.57. The monoisotopic (exact) mass is 641 g/mol. The lowest BCUT2D eigenvalue weighted by molar-refractivity contribution is 0.101. The van der Waals surface area contributed by atoms with E-state index in [2.05, 4.69) is 37.5 Å². The summed E-state index contributed by atoms with van der Waals surface area (Å²) in [5, 5.41) is 13.5. The smallest absolute Gasteiger partial charge is 0.257 e. The van der Waals surface area contributed by atoms with Gasteiger partial charge in [0.15, 0.2) is 11.5 Å². The first-order chi connectivity index (χ1) is 21.9. The summed E-state index contributed by atoms with van der Waals surface area (Å²) in [5.74, 6) is -0.461. The number of fused-ring (bicyclic) bond motifs is 1. The van der Waals surface area contributed by atoms with Crippen LogP contribution in [0.25, 0.3) is 17.0 Å². The van der Waals surface area contributed by atoms with Crippen molar-refractivity contribution in [2.24, 2.45) is 0 Å². The molecule has 12 heteroatoms. The number of hydrogen-bond donors (Lipinski definition) is 4. The molecule has 0 fully saturated rings. The normalized spacial score (nSPS) is 11.5. The molecule has 0 saturated heterocycles. The molecule has 2 amide bonds. The first-order valence-electron chi connectivity index (χ1n) is 15.3. The summed E-state index contributed by atoms with van der Waals surface area (Å²) in [6.07, 6.45) is 3.32. The van der Waals surface area contributed by atoms with Crippen LogP contribution in [0.15, 0.2) is 60.7 Å². The number of aryl methyl sites for hydroxylation is 4. The third kappa shape index (κ3) is 7.81. The molecule has 2 aromatic heterocycles. The SMILES string of the molecule is CCCCCCS(=O)(=O)Nc1ccc(C)cc1C(=O)Nc1cc(NC(=O)c2cc(C)ccc2C)cc(-c2nc3cc(C)[nH]n3n2)c1. The highest BCUT2D eigenvalue weighted by Gasteiger charge is 2.19. The van der Waals surface area contributed by atoms with E-state index in [4.69, 9.17) is 0 Å². The fourth-order valence-electron chi connectivity index (χ4n) is 5.17. The van der Waals surface area contributed by atoms with Crippen molar-refractivity contribution < 1.29 is 18.0 Å². The summed E-state index contributed by atoms with van der Waals surface area (Å²) in [7, 11) is -3.66. The second kappa shape index (κ2) is 13.6. The summed E-state index contributed by atoms with van der Waals surface area (Å²) >= 11 is 0. The van der Waals surface area contributed by atoms with Gasteiger partial charge in [-0.05, 0) is 76.1 Å². The van der Waals surface area contributed by atoms with Gasteiger partial charge in [-0.2, -0.15) is 4.63 Å². The van der Waals surface area contributed by atoms with Crippen molar-refractivity contribution in [2.45, 2.75) is 60.3 Å². The average Bonchev–Trinajstić information content (AvgIpc) is 3.55. The van der Waals surface area contributed by atoms with Crippen molar-refractivity contribution in [3.05, 3.63) is 94.2 Å². The fourth-order valence-corrected chi connectivity index (χ4v) is 6.37. The highest BCUT2D eigenvalue weighted by molar-refractivity contribution is 7.92. The van der Waals surface area contributed by atoms with Crippen LogP contribution >= 0.6 is 0 Å². The van der Waals surface area contributed by atoms with E-state index in [9.17, 15) is 18.0 Å². The van der Waals surface area contributed by atoms with Crippen molar-refractivity contribution in [3.63, 3.8) is 0 Å². The predicted molar refractivity (Wildman–Crippen MR) is 182 cm³/mol. The summed E-state index contributed by atoms with van der Waals surface area (Å²) in [6, 6.07) is 17.6. The van der Waals surface area contributed by atoms with Gasteiger partial charge in [-0.15, -0.1) is 5.10 Å². The molecule has 0 atom stereocenters. The van der Waals surface area contributed by atoms with Crippen molar-refractivity contribution in [1.29, 1.82) is 0 Å². The molecular formula is C34H39N7O4S. The van der Waals surface area contributed by atoms with E-state index in [1.807, 2.05) is 52.0 Å². The Morgan fingerprint density at radius 2 is 1.46 bits per heavy atom. The molecule has 4 N–H and O–H groups in total. The molecule has 0 saturated carbocycles. The minimum atomic E-state index is -3.66. The molecule has 5 aromatic rings. The van der Waals surface area contributed by atoms with Crippen molar-refractivity contribution in [3.8, 4) is 11.4 Å². The van der Waals surface area contributed by atoms with Gasteiger partial charge in [-0.3, -0.25) is 19.4 Å². The number of benzene rings is 3. The number of hydrogen-bond acceptors (Lipinski definition) is 6. The Labute approximate surface area is 268 Å². The zero-order valence-corrected chi connectivity index (χ0v) is 27.5. The van der Waals surface area contributed by atoms with E-state index in [1.54, 1.807) is 41.0 Å². The number of carbonyl (C=O) groups is 2. The van der Waals surface area contributed by atoms with Gasteiger partial charge in [0.1, 0.15) is 0 Å². The minimum absolute atomic E-state index is 0.0291. The van der Waals surface area contributed by atoms with Gasteiger partial charge in [-0.25, -0.2) is 13.4 Å². The summed E-state index contributed by atoms with van der Waals surface area (Å²) < 4.78 is 29.9. The molecule has 3 aromatic carbocycles. The number of nitrogens with zero attached hydrogens (tertiary/aromatic N) is 3. The van der Waals surface area contributed by atoms with E-state index in [-0.39, 0.29) is 22.9 Å². The largest absolute Gasteiger partial charge is 0.322 e. The lowest BCUT2D eigenvalue weighted by atomic mass is 10.0. The van der Waals surface area contributed by atoms with Crippen LogP contribution in [0.2, 0.25) is 0 Å². The van der Waals surface area contributed by atoms with E-state index in [0.717, 1.165) is 41.6 Å². The maximum atomic E-state index is 13.7. The van der Waals surface area contributed by atoms with Gasteiger partial charge in [-0.1, -0.05) is 55.5 Å². The van der Waals surface area contributed by atoms with E-state index in [0.29, 0.717) is 40.4 Å². The number of rotatable bonds is 12. The van der Waals surface area contributed by atoms with Crippen LogP contribution in [0.3, 0.4) is 0 Å². The Morgan fingerprint density at radius 1 is 0.804 bits per heavy atom. The Hall–Kier alpha value is -4.97. The number of aromatic nitrogens is 4.